The molecule has 0 spiro atoms. The lowest BCUT2D eigenvalue weighted by atomic mass is 10.1. The van der Waals surface area contributed by atoms with E-state index in [9.17, 15) is 18.0 Å². The zero-order valence-electron chi connectivity index (χ0n) is 9.05. The van der Waals surface area contributed by atoms with Crippen molar-refractivity contribution in [3.05, 3.63) is 20.9 Å². The van der Waals surface area contributed by atoms with E-state index in [1.54, 1.807) is 22.6 Å². The highest BCUT2D eigenvalue weighted by Crippen LogP contribution is 2.29. The third-order valence-corrected chi connectivity index (χ3v) is 2.72. The summed E-state index contributed by atoms with van der Waals surface area (Å²) in [5.41, 5.74) is 5.11. The second kappa shape index (κ2) is 5.69. The molecular weight excluding hydrogens is 368 g/mol. The molecule has 1 aromatic heterocycles. The van der Waals surface area contributed by atoms with Crippen molar-refractivity contribution in [3.63, 3.8) is 0 Å². The number of hydrogen-bond acceptors (Lipinski definition) is 5. The Bertz CT molecular complexity index is 465. The number of pyridine rings is 1. The van der Waals surface area contributed by atoms with Crippen LogP contribution in [0.25, 0.3) is 0 Å². The third kappa shape index (κ3) is 3.45. The normalized spacial score (nSPS) is 11.2. The van der Waals surface area contributed by atoms with Crippen LogP contribution >= 0.6 is 22.6 Å². The van der Waals surface area contributed by atoms with Gasteiger partial charge in [-0.1, -0.05) is 0 Å². The van der Waals surface area contributed by atoms with Crippen LogP contribution in [0.3, 0.4) is 0 Å². The van der Waals surface area contributed by atoms with Crippen molar-refractivity contribution in [2.24, 2.45) is 5.73 Å². The zero-order valence-corrected chi connectivity index (χ0v) is 11.2. The van der Waals surface area contributed by atoms with Crippen LogP contribution in [-0.2, 0) is 11.3 Å². The van der Waals surface area contributed by atoms with Crippen molar-refractivity contribution >= 4 is 28.6 Å². The van der Waals surface area contributed by atoms with Crippen LogP contribution in [0.1, 0.15) is 15.9 Å². The highest BCUT2D eigenvalue weighted by atomic mass is 127. The van der Waals surface area contributed by atoms with Crippen LogP contribution in [0.4, 0.5) is 13.2 Å². The smallest absolute Gasteiger partial charge is 0.465 e. The van der Waals surface area contributed by atoms with E-state index in [1.165, 1.54) is 0 Å². The van der Waals surface area contributed by atoms with Crippen molar-refractivity contribution in [1.29, 1.82) is 0 Å². The van der Waals surface area contributed by atoms with E-state index in [-0.39, 0.29) is 17.7 Å². The fourth-order valence-corrected chi connectivity index (χ4v) is 1.90. The number of carbonyl (C=O) groups excluding carboxylic acids is 1. The third-order valence-electron chi connectivity index (χ3n) is 1.90. The highest BCUT2D eigenvalue weighted by Gasteiger charge is 2.34. The molecular formula is C9H8F3IN2O3. The van der Waals surface area contributed by atoms with Crippen LogP contribution in [0, 0.1) is 3.57 Å². The second-order valence-corrected chi connectivity index (χ2v) is 4.17. The molecule has 0 bridgehead atoms. The minimum absolute atomic E-state index is 0.0742. The fraction of sp³-hybridized carbons (Fsp3) is 0.333. The summed E-state index contributed by atoms with van der Waals surface area (Å²) in [5, 5.41) is 0. The summed E-state index contributed by atoms with van der Waals surface area (Å²) in [5.74, 6) is -1.54. The minimum atomic E-state index is -4.91. The minimum Gasteiger partial charge on any atom is -0.465 e. The average Bonchev–Trinajstić information content (AvgIpc) is 2.28. The van der Waals surface area contributed by atoms with Gasteiger partial charge in [0.25, 0.3) is 0 Å². The first-order valence-electron chi connectivity index (χ1n) is 4.51. The SMILES string of the molecule is COC(=O)c1c(I)cnc(OC(F)(F)F)c1CN. The van der Waals surface area contributed by atoms with E-state index < -0.39 is 18.2 Å². The van der Waals surface area contributed by atoms with Crippen LogP contribution in [0.5, 0.6) is 5.88 Å². The average molecular weight is 376 g/mol. The first-order valence-corrected chi connectivity index (χ1v) is 5.59. The van der Waals surface area contributed by atoms with Crippen LogP contribution in [0.15, 0.2) is 6.20 Å². The number of aromatic nitrogens is 1. The highest BCUT2D eigenvalue weighted by molar-refractivity contribution is 14.1. The summed E-state index contributed by atoms with van der Waals surface area (Å²) in [4.78, 5) is 15.0. The maximum atomic E-state index is 12.2. The lowest BCUT2D eigenvalue weighted by Crippen LogP contribution is -2.22. The second-order valence-electron chi connectivity index (χ2n) is 3.01. The summed E-state index contributed by atoms with van der Waals surface area (Å²) in [6, 6.07) is 0. The lowest BCUT2D eigenvalue weighted by molar-refractivity contribution is -0.276. The zero-order chi connectivity index (χ0) is 13.9. The van der Waals surface area contributed by atoms with Crippen LogP contribution in [-0.4, -0.2) is 24.4 Å². The largest absolute Gasteiger partial charge is 0.574 e. The van der Waals surface area contributed by atoms with Gasteiger partial charge in [0.15, 0.2) is 0 Å². The molecule has 0 atom stereocenters. The first-order chi connectivity index (χ1) is 8.30. The molecule has 1 rings (SSSR count). The topological polar surface area (TPSA) is 74.4 Å². The van der Waals surface area contributed by atoms with E-state index in [2.05, 4.69) is 14.5 Å². The summed E-state index contributed by atoms with van der Waals surface area (Å²) < 4.78 is 45.0. The fourth-order valence-electron chi connectivity index (χ4n) is 1.22. The molecule has 1 heterocycles. The van der Waals surface area contributed by atoms with Gasteiger partial charge in [-0.3, -0.25) is 0 Å². The van der Waals surface area contributed by atoms with Gasteiger partial charge in [-0.05, 0) is 22.6 Å². The number of alkyl halides is 3. The van der Waals surface area contributed by atoms with Gasteiger partial charge in [0.2, 0.25) is 5.88 Å². The van der Waals surface area contributed by atoms with Gasteiger partial charge in [-0.15, -0.1) is 13.2 Å². The van der Waals surface area contributed by atoms with Crippen molar-refractivity contribution in [3.8, 4) is 5.88 Å². The molecule has 0 aliphatic carbocycles. The maximum absolute atomic E-state index is 12.2. The first kappa shape index (κ1) is 15.0. The molecule has 0 aromatic carbocycles. The van der Waals surface area contributed by atoms with Gasteiger partial charge in [0.1, 0.15) is 0 Å². The van der Waals surface area contributed by atoms with Gasteiger partial charge in [-0.25, -0.2) is 9.78 Å². The number of nitrogens with zero attached hydrogens (tertiary/aromatic N) is 1. The predicted molar refractivity (Wildman–Crippen MR) is 62.9 cm³/mol. The van der Waals surface area contributed by atoms with Crippen molar-refractivity contribution < 1.29 is 27.4 Å². The van der Waals surface area contributed by atoms with E-state index in [1.807, 2.05) is 0 Å². The molecule has 1 aromatic rings. The Balaban J connectivity index is 3.34. The number of carbonyl (C=O) groups is 1. The van der Waals surface area contributed by atoms with Gasteiger partial charge < -0.3 is 15.2 Å². The molecule has 0 saturated heterocycles. The Morgan fingerprint density at radius 3 is 2.61 bits per heavy atom. The number of ether oxygens (including phenoxy) is 2. The lowest BCUT2D eigenvalue weighted by Gasteiger charge is -2.14. The van der Waals surface area contributed by atoms with Crippen LogP contribution in [0.2, 0.25) is 0 Å². The number of halogens is 4. The van der Waals surface area contributed by atoms with Gasteiger partial charge in [-0.2, -0.15) is 0 Å². The van der Waals surface area contributed by atoms with E-state index >= 15 is 0 Å². The number of hydrogen-bond donors (Lipinski definition) is 1. The van der Waals surface area contributed by atoms with Crippen molar-refractivity contribution in [2.45, 2.75) is 12.9 Å². The van der Waals surface area contributed by atoms with E-state index in [0.717, 1.165) is 13.3 Å². The molecule has 0 fully saturated rings. The van der Waals surface area contributed by atoms with Crippen LogP contribution < -0.4 is 10.5 Å². The van der Waals surface area contributed by atoms with Gasteiger partial charge in [0.05, 0.1) is 12.7 Å². The summed E-state index contributed by atoms with van der Waals surface area (Å²) in [6.07, 6.45) is -3.83. The Hall–Kier alpha value is -1.10. The summed E-state index contributed by atoms with van der Waals surface area (Å²) >= 11 is 1.75. The molecule has 2 N–H and O–H groups in total. The standard InChI is InChI=1S/C9H8F3IN2O3/c1-17-8(16)6-4(2-14)7(15-3-5(6)13)18-9(10,11)12/h3H,2,14H2,1H3. The molecule has 0 aliphatic rings. The van der Waals surface area contributed by atoms with E-state index in [4.69, 9.17) is 5.73 Å². The molecule has 0 unspecified atom stereocenters. The monoisotopic (exact) mass is 376 g/mol. The quantitative estimate of drug-likeness (QED) is 0.644. The van der Waals surface area contributed by atoms with Gasteiger partial charge in [0, 0.05) is 21.9 Å². The molecule has 100 valence electrons. The number of methoxy groups -OCH3 is 1. The molecule has 0 amide bonds. The predicted octanol–water partition coefficient (Wildman–Crippen LogP) is 1.83. The summed E-state index contributed by atoms with van der Waals surface area (Å²) in [7, 11) is 1.11. The molecule has 0 saturated carbocycles. The molecule has 0 radical (unpaired) electrons. The van der Waals surface area contributed by atoms with E-state index in [0.29, 0.717) is 3.57 Å². The Kier molecular flexibility index (Phi) is 4.73. The summed E-state index contributed by atoms with van der Waals surface area (Å²) in [6.45, 7) is -0.334. The molecule has 18 heavy (non-hydrogen) atoms. The van der Waals surface area contributed by atoms with Crippen molar-refractivity contribution in [1.82, 2.24) is 4.98 Å². The molecule has 9 heteroatoms. The maximum Gasteiger partial charge on any atom is 0.574 e. The number of esters is 1. The Morgan fingerprint density at radius 2 is 2.17 bits per heavy atom. The Labute approximate surface area is 114 Å². The number of rotatable bonds is 3. The molecule has 5 nitrogen and oxygen atoms in total. The van der Waals surface area contributed by atoms with Gasteiger partial charge >= 0.3 is 12.3 Å². The number of nitrogens with two attached hydrogens (primary N) is 1. The Morgan fingerprint density at radius 1 is 1.56 bits per heavy atom. The van der Waals surface area contributed by atoms with Crippen molar-refractivity contribution in [2.75, 3.05) is 7.11 Å². The molecule has 0 aliphatic heterocycles.